The summed E-state index contributed by atoms with van der Waals surface area (Å²) < 4.78 is 30.1. The van der Waals surface area contributed by atoms with Crippen LogP contribution in [0.2, 0.25) is 0 Å². The Morgan fingerprint density at radius 3 is 2.00 bits per heavy atom. The van der Waals surface area contributed by atoms with Crippen LogP contribution in [0.15, 0.2) is 23.1 Å². The maximum Gasteiger partial charge on any atom is 0.297 e. The van der Waals surface area contributed by atoms with Gasteiger partial charge in [-0.1, -0.05) is 0 Å². The van der Waals surface area contributed by atoms with Crippen LogP contribution >= 0.6 is 45.2 Å². The van der Waals surface area contributed by atoms with Gasteiger partial charge in [-0.25, -0.2) is 0 Å². The monoisotopic (exact) mass is 452 g/mol. The Bertz CT molecular complexity index is 434. The van der Waals surface area contributed by atoms with E-state index in [0.717, 1.165) is 7.14 Å². The second-order valence-corrected chi connectivity index (χ2v) is 7.27. The lowest BCUT2D eigenvalue weighted by molar-refractivity contribution is 0.249. The van der Waals surface area contributed by atoms with Gasteiger partial charge in [0.25, 0.3) is 10.1 Å². The SMILES string of the molecule is CC(C)OS(=O)(=O)c1cc(I)cc(I)c1. The number of hydrogen-bond donors (Lipinski definition) is 0. The van der Waals surface area contributed by atoms with E-state index in [1.807, 2.05) is 6.07 Å². The first kappa shape index (κ1) is 13.7. The van der Waals surface area contributed by atoms with Gasteiger partial charge >= 0.3 is 0 Å². The Hall–Kier alpha value is 0.590. The van der Waals surface area contributed by atoms with Gasteiger partial charge in [-0.2, -0.15) is 8.42 Å². The topological polar surface area (TPSA) is 43.4 Å². The number of benzene rings is 1. The quantitative estimate of drug-likeness (QED) is 0.524. The molecular formula is C9H10I2O3S. The third kappa shape index (κ3) is 4.16. The molecule has 0 heterocycles. The lowest BCUT2D eigenvalue weighted by Gasteiger charge is -2.08. The minimum Gasteiger partial charge on any atom is -0.264 e. The Labute approximate surface area is 117 Å². The van der Waals surface area contributed by atoms with Crippen LogP contribution in [0.3, 0.4) is 0 Å². The van der Waals surface area contributed by atoms with Crippen LogP contribution in [-0.4, -0.2) is 14.5 Å². The average molecular weight is 452 g/mol. The zero-order valence-electron chi connectivity index (χ0n) is 8.20. The smallest absolute Gasteiger partial charge is 0.264 e. The van der Waals surface area contributed by atoms with E-state index in [4.69, 9.17) is 4.18 Å². The molecule has 0 bridgehead atoms. The molecule has 0 saturated carbocycles. The Morgan fingerprint density at radius 2 is 1.60 bits per heavy atom. The lowest BCUT2D eigenvalue weighted by Crippen LogP contribution is -2.12. The number of rotatable bonds is 3. The number of halogens is 2. The molecule has 0 aromatic heterocycles. The van der Waals surface area contributed by atoms with Crippen molar-refractivity contribution in [3.05, 3.63) is 25.3 Å². The molecule has 1 rings (SSSR count). The van der Waals surface area contributed by atoms with Crippen molar-refractivity contribution in [3.63, 3.8) is 0 Å². The van der Waals surface area contributed by atoms with Crippen LogP contribution in [0.25, 0.3) is 0 Å². The molecule has 1 aromatic carbocycles. The first-order valence-electron chi connectivity index (χ1n) is 4.20. The van der Waals surface area contributed by atoms with Gasteiger partial charge in [0.2, 0.25) is 0 Å². The molecular weight excluding hydrogens is 442 g/mol. The standard InChI is InChI=1S/C9H10I2O3S/c1-6(2)14-15(12,13)9-4-7(10)3-8(11)5-9/h3-6H,1-2H3. The summed E-state index contributed by atoms with van der Waals surface area (Å²) in [6.07, 6.45) is -0.342. The van der Waals surface area contributed by atoms with Gasteiger partial charge in [0.05, 0.1) is 11.0 Å². The maximum atomic E-state index is 11.7. The van der Waals surface area contributed by atoms with Crippen LogP contribution in [0.4, 0.5) is 0 Å². The van der Waals surface area contributed by atoms with E-state index in [-0.39, 0.29) is 11.0 Å². The summed E-state index contributed by atoms with van der Waals surface area (Å²) in [5.74, 6) is 0. The summed E-state index contributed by atoms with van der Waals surface area (Å²) in [4.78, 5) is 0.215. The molecule has 1 aromatic rings. The van der Waals surface area contributed by atoms with Crippen molar-refractivity contribution in [1.29, 1.82) is 0 Å². The van der Waals surface area contributed by atoms with Gasteiger partial charge in [0, 0.05) is 7.14 Å². The second-order valence-electron chi connectivity index (χ2n) is 3.20. The minimum atomic E-state index is -3.61. The van der Waals surface area contributed by atoms with E-state index >= 15 is 0 Å². The zero-order chi connectivity index (χ0) is 11.6. The van der Waals surface area contributed by atoms with Gasteiger partial charge in [-0.3, -0.25) is 4.18 Å². The third-order valence-electron chi connectivity index (χ3n) is 1.44. The largest absolute Gasteiger partial charge is 0.297 e. The normalized spacial score (nSPS) is 12.1. The van der Waals surface area contributed by atoms with Gasteiger partial charge in [-0.05, 0) is 77.2 Å². The summed E-state index contributed by atoms with van der Waals surface area (Å²) in [5.41, 5.74) is 0. The summed E-state index contributed by atoms with van der Waals surface area (Å²) >= 11 is 4.16. The molecule has 15 heavy (non-hydrogen) atoms. The molecule has 0 aliphatic carbocycles. The molecule has 0 aliphatic rings. The summed E-state index contributed by atoms with van der Waals surface area (Å²) in [6, 6.07) is 5.09. The highest BCUT2D eigenvalue weighted by Crippen LogP contribution is 2.20. The van der Waals surface area contributed by atoms with E-state index in [1.165, 1.54) is 0 Å². The average Bonchev–Trinajstić information content (AvgIpc) is 1.99. The predicted molar refractivity (Wildman–Crippen MR) is 75.3 cm³/mol. The maximum absolute atomic E-state index is 11.7. The summed E-state index contributed by atoms with van der Waals surface area (Å²) in [5, 5.41) is 0. The molecule has 3 nitrogen and oxygen atoms in total. The van der Waals surface area contributed by atoms with Crippen molar-refractivity contribution in [3.8, 4) is 0 Å². The summed E-state index contributed by atoms with van der Waals surface area (Å²) in [7, 11) is -3.61. The van der Waals surface area contributed by atoms with Crippen molar-refractivity contribution >= 4 is 55.3 Å². The Kier molecular flexibility index (Phi) is 4.81. The van der Waals surface area contributed by atoms with E-state index < -0.39 is 10.1 Å². The molecule has 0 aliphatic heterocycles. The van der Waals surface area contributed by atoms with Crippen LogP contribution in [0.5, 0.6) is 0 Å². The van der Waals surface area contributed by atoms with Crippen molar-refractivity contribution < 1.29 is 12.6 Å². The van der Waals surface area contributed by atoms with Crippen LogP contribution in [-0.2, 0) is 14.3 Å². The molecule has 0 N–H and O–H groups in total. The lowest BCUT2D eigenvalue weighted by atomic mass is 10.4. The highest BCUT2D eigenvalue weighted by Gasteiger charge is 2.17. The van der Waals surface area contributed by atoms with Gasteiger partial charge in [0.15, 0.2) is 0 Å². The Balaban J connectivity index is 3.16. The second kappa shape index (κ2) is 5.28. The van der Waals surface area contributed by atoms with Crippen LogP contribution in [0, 0.1) is 7.14 Å². The van der Waals surface area contributed by atoms with Crippen LogP contribution in [0.1, 0.15) is 13.8 Å². The minimum absolute atomic E-state index is 0.215. The molecule has 0 atom stereocenters. The van der Waals surface area contributed by atoms with Crippen LogP contribution < -0.4 is 0 Å². The van der Waals surface area contributed by atoms with E-state index in [9.17, 15) is 8.42 Å². The predicted octanol–water partition coefficient (Wildman–Crippen LogP) is 3.01. The molecule has 0 unspecified atom stereocenters. The van der Waals surface area contributed by atoms with Crippen molar-refractivity contribution in [2.45, 2.75) is 24.8 Å². The van der Waals surface area contributed by atoms with Gasteiger partial charge in [-0.15, -0.1) is 0 Å². The number of hydrogen-bond acceptors (Lipinski definition) is 3. The van der Waals surface area contributed by atoms with E-state index in [0.29, 0.717) is 0 Å². The fourth-order valence-corrected chi connectivity index (χ4v) is 4.50. The molecule has 84 valence electrons. The fourth-order valence-electron chi connectivity index (χ4n) is 0.982. The molecule has 0 saturated heterocycles. The first-order chi connectivity index (χ1) is 6.81. The van der Waals surface area contributed by atoms with Gasteiger partial charge in [0.1, 0.15) is 0 Å². The zero-order valence-corrected chi connectivity index (χ0v) is 13.3. The third-order valence-corrected chi connectivity index (χ3v) is 4.14. The Morgan fingerprint density at radius 1 is 1.13 bits per heavy atom. The van der Waals surface area contributed by atoms with Crippen molar-refractivity contribution in [1.82, 2.24) is 0 Å². The van der Waals surface area contributed by atoms with Crippen molar-refractivity contribution in [2.75, 3.05) is 0 Å². The molecule has 0 spiro atoms. The van der Waals surface area contributed by atoms with Gasteiger partial charge < -0.3 is 0 Å². The molecule has 0 fully saturated rings. The van der Waals surface area contributed by atoms with E-state index in [1.54, 1.807) is 26.0 Å². The molecule has 0 amide bonds. The summed E-state index contributed by atoms with van der Waals surface area (Å²) in [6.45, 7) is 3.38. The first-order valence-corrected chi connectivity index (χ1v) is 7.77. The molecule has 6 heteroatoms. The highest BCUT2D eigenvalue weighted by molar-refractivity contribution is 14.1. The highest BCUT2D eigenvalue weighted by atomic mass is 127. The van der Waals surface area contributed by atoms with Crippen molar-refractivity contribution in [2.24, 2.45) is 0 Å². The van der Waals surface area contributed by atoms with E-state index in [2.05, 4.69) is 45.2 Å². The molecule has 0 radical (unpaired) electrons. The fraction of sp³-hybridized carbons (Fsp3) is 0.333.